The molecule has 0 bridgehead atoms. The molecule has 0 fully saturated rings. The summed E-state index contributed by atoms with van der Waals surface area (Å²) >= 11 is 0. The molecule has 0 unspecified atom stereocenters. The Morgan fingerprint density at radius 1 is 1.04 bits per heavy atom. The van der Waals surface area contributed by atoms with Crippen molar-refractivity contribution in [1.29, 1.82) is 5.26 Å². The van der Waals surface area contributed by atoms with Gasteiger partial charge >= 0.3 is 0 Å². The van der Waals surface area contributed by atoms with E-state index in [9.17, 15) is 15.2 Å². The van der Waals surface area contributed by atoms with Gasteiger partial charge in [-0.05, 0) is 35.7 Å². The van der Waals surface area contributed by atoms with Gasteiger partial charge in [-0.3, -0.25) is 4.79 Å². The largest absolute Gasteiger partial charge is 0.507 e. The zero-order valence-corrected chi connectivity index (χ0v) is 15.7. The van der Waals surface area contributed by atoms with Crippen LogP contribution < -0.4 is 10.6 Å². The second kappa shape index (κ2) is 8.28. The van der Waals surface area contributed by atoms with Crippen molar-refractivity contribution >= 4 is 28.1 Å². The molecule has 0 aliphatic heterocycles. The van der Waals surface area contributed by atoms with Crippen LogP contribution in [0, 0.1) is 11.3 Å². The number of phenolic OH excluding ortho intramolecular Hbond substituents is 1. The Balaban J connectivity index is 1.78. The van der Waals surface area contributed by atoms with E-state index in [1.165, 1.54) is 11.8 Å². The van der Waals surface area contributed by atoms with Crippen LogP contribution in [0.5, 0.6) is 5.75 Å². The second-order valence-electron chi connectivity index (χ2n) is 6.72. The molecule has 0 atom stereocenters. The summed E-state index contributed by atoms with van der Waals surface area (Å²) in [7, 11) is 0. The topological polar surface area (TPSA) is 85.2 Å². The Kier molecular flexibility index (Phi) is 5.61. The van der Waals surface area contributed by atoms with Crippen LogP contribution in [0.4, 0.5) is 11.4 Å². The quantitative estimate of drug-likeness (QED) is 0.429. The van der Waals surface area contributed by atoms with E-state index in [-0.39, 0.29) is 11.3 Å². The number of hydrogen-bond donors (Lipinski definition) is 3. The Morgan fingerprint density at radius 3 is 2.39 bits per heavy atom. The van der Waals surface area contributed by atoms with Crippen molar-refractivity contribution in [2.45, 2.75) is 19.8 Å². The van der Waals surface area contributed by atoms with E-state index in [0.29, 0.717) is 22.7 Å². The molecule has 140 valence electrons. The van der Waals surface area contributed by atoms with E-state index < -0.39 is 5.91 Å². The third-order valence-electron chi connectivity index (χ3n) is 4.47. The van der Waals surface area contributed by atoms with Crippen LogP contribution in [-0.2, 0) is 4.79 Å². The molecule has 0 aromatic heterocycles. The number of anilines is 2. The number of benzene rings is 3. The summed E-state index contributed by atoms with van der Waals surface area (Å²) in [5.74, 6) is 0.0900. The Hall–Kier alpha value is -3.78. The average Bonchev–Trinajstić information content (AvgIpc) is 2.69. The van der Waals surface area contributed by atoms with Crippen molar-refractivity contribution in [3.05, 3.63) is 78.0 Å². The normalized spacial score (nSPS) is 11.3. The highest BCUT2D eigenvalue weighted by Gasteiger charge is 2.10. The second-order valence-corrected chi connectivity index (χ2v) is 6.72. The van der Waals surface area contributed by atoms with Crippen molar-refractivity contribution in [2.24, 2.45) is 0 Å². The van der Waals surface area contributed by atoms with Crippen LogP contribution in [-0.4, -0.2) is 11.0 Å². The molecule has 0 aliphatic carbocycles. The smallest absolute Gasteiger partial charge is 0.267 e. The minimum Gasteiger partial charge on any atom is -0.507 e. The number of amides is 1. The molecule has 0 saturated carbocycles. The van der Waals surface area contributed by atoms with Crippen LogP contribution in [0.25, 0.3) is 10.8 Å². The molecule has 28 heavy (non-hydrogen) atoms. The number of carbonyl (C=O) groups excluding carboxylic acids is 1. The molecule has 1 amide bonds. The zero-order chi connectivity index (χ0) is 20.1. The first-order valence-electron chi connectivity index (χ1n) is 8.98. The first-order chi connectivity index (χ1) is 13.5. The predicted octanol–water partition coefficient (Wildman–Crippen LogP) is 5.13. The van der Waals surface area contributed by atoms with Crippen LogP contribution in [0.1, 0.15) is 25.3 Å². The van der Waals surface area contributed by atoms with Gasteiger partial charge in [0.15, 0.2) is 0 Å². The van der Waals surface area contributed by atoms with Gasteiger partial charge in [0.2, 0.25) is 0 Å². The maximum atomic E-state index is 12.4. The average molecular weight is 371 g/mol. The number of rotatable bonds is 5. The molecule has 3 N–H and O–H groups in total. The van der Waals surface area contributed by atoms with Gasteiger partial charge in [0.1, 0.15) is 17.4 Å². The van der Waals surface area contributed by atoms with Gasteiger partial charge in [-0.15, -0.1) is 0 Å². The standard InChI is InChI=1S/C23H21N3O2/c1-15(2)16-9-11-18(12-10-16)26-23(28)17(13-24)14-25-21-7-3-6-20-19(21)5-4-8-22(20)27/h3-12,14-15,25,27H,1-2H3,(H,26,28)/b17-14-. The van der Waals surface area contributed by atoms with Crippen molar-refractivity contribution in [3.63, 3.8) is 0 Å². The fraction of sp³-hybridized carbons (Fsp3) is 0.130. The summed E-state index contributed by atoms with van der Waals surface area (Å²) in [4.78, 5) is 12.4. The lowest BCUT2D eigenvalue weighted by Gasteiger charge is -2.09. The van der Waals surface area contributed by atoms with Gasteiger partial charge in [-0.1, -0.05) is 50.2 Å². The van der Waals surface area contributed by atoms with E-state index in [1.807, 2.05) is 42.5 Å². The summed E-state index contributed by atoms with van der Waals surface area (Å²) in [6.07, 6.45) is 1.37. The van der Waals surface area contributed by atoms with Crippen LogP contribution in [0.3, 0.4) is 0 Å². The highest BCUT2D eigenvalue weighted by molar-refractivity contribution is 6.07. The molecular weight excluding hydrogens is 350 g/mol. The molecule has 3 aromatic rings. The maximum Gasteiger partial charge on any atom is 0.267 e. The summed E-state index contributed by atoms with van der Waals surface area (Å²) in [6.45, 7) is 4.20. The fourth-order valence-corrected chi connectivity index (χ4v) is 2.87. The molecule has 0 heterocycles. The lowest BCUT2D eigenvalue weighted by Crippen LogP contribution is -2.14. The summed E-state index contributed by atoms with van der Waals surface area (Å²) in [6, 6.07) is 20.1. The molecule has 3 aromatic carbocycles. The van der Waals surface area contributed by atoms with E-state index in [1.54, 1.807) is 24.3 Å². The first kappa shape index (κ1) is 19.0. The minimum atomic E-state index is -0.490. The van der Waals surface area contributed by atoms with Crippen LogP contribution >= 0.6 is 0 Å². The fourth-order valence-electron chi connectivity index (χ4n) is 2.87. The molecule has 0 radical (unpaired) electrons. The van der Waals surface area contributed by atoms with Gasteiger partial charge < -0.3 is 15.7 Å². The SMILES string of the molecule is CC(C)c1ccc(NC(=O)/C(C#N)=C\Nc2cccc3c(O)cccc23)cc1. The minimum absolute atomic E-state index is 0.0508. The molecule has 0 saturated heterocycles. The van der Waals surface area contributed by atoms with Gasteiger partial charge in [0.05, 0.1) is 0 Å². The molecule has 0 spiro atoms. The summed E-state index contributed by atoms with van der Waals surface area (Å²) in [5, 5.41) is 26.5. The predicted molar refractivity (Wildman–Crippen MR) is 112 cm³/mol. The molecule has 0 aliphatic rings. The van der Waals surface area contributed by atoms with Gasteiger partial charge in [-0.2, -0.15) is 5.26 Å². The Bertz CT molecular complexity index is 1080. The van der Waals surface area contributed by atoms with Gasteiger partial charge in [0, 0.05) is 28.3 Å². The monoisotopic (exact) mass is 371 g/mol. The van der Waals surface area contributed by atoms with Crippen molar-refractivity contribution < 1.29 is 9.90 Å². The summed E-state index contributed by atoms with van der Waals surface area (Å²) < 4.78 is 0. The molecular formula is C23H21N3O2. The summed E-state index contributed by atoms with van der Waals surface area (Å²) in [5.41, 5.74) is 2.45. The molecule has 3 rings (SSSR count). The third kappa shape index (κ3) is 4.13. The first-order valence-corrected chi connectivity index (χ1v) is 8.98. The number of phenols is 1. The van der Waals surface area contributed by atoms with E-state index in [4.69, 9.17) is 0 Å². The highest BCUT2D eigenvalue weighted by atomic mass is 16.3. The van der Waals surface area contributed by atoms with Crippen molar-refractivity contribution in [3.8, 4) is 11.8 Å². The third-order valence-corrected chi connectivity index (χ3v) is 4.47. The van der Waals surface area contributed by atoms with Crippen LogP contribution in [0.2, 0.25) is 0 Å². The Labute approximate surface area is 163 Å². The lowest BCUT2D eigenvalue weighted by molar-refractivity contribution is -0.112. The molecule has 5 nitrogen and oxygen atoms in total. The van der Waals surface area contributed by atoms with E-state index >= 15 is 0 Å². The number of fused-ring (bicyclic) bond motifs is 1. The lowest BCUT2D eigenvalue weighted by atomic mass is 10.0. The van der Waals surface area contributed by atoms with Gasteiger partial charge in [0.25, 0.3) is 5.91 Å². The number of nitrogens with zero attached hydrogens (tertiary/aromatic N) is 1. The van der Waals surface area contributed by atoms with Crippen LogP contribution in [0.15, 0.2) is 72.4 Å². The maximum absolute atomic E-state index is 12.4. The van der Waals surface area contributed by atoms with E-state index in [2.05, 4.69) is 24.5 Å². The van der Waals surface area contributed by atoms with E-state index in [0.717, 1.165) is 5.39 Å². The van der Waals surface area contributed by atoms with Crippen molar-refractivity contribution in [2.75, 3.05) is 10.6 Å². The van der Waals surface area contributed by atoms with Gasteiger partial charge in [-0.25, -0.2) is 0 Å². The van der Waals surface area contributed by atoms with Crippen molar-refractivity contribution in [1.82, 2.24) is 0 Å². The number of nitrogens with one attached hydrogen (secondary N) is 2. The number of hydrogen-bond acceptors (Lipinski definition) is 4. The number of carbonyl (C=O) groups is 1. The molecule has 5 heteroatoms. The number of aromatic hydroxyl groups is 1. The Morgan fingerprint density at radius 2 is 1.71 bits per heavy atom. The zero-order valence-electron chi connectivity index (χ0n) is 15.7. The highest BCUT2D eigenvalue weighted by Crippen LogP contribution is 2.29. The number of nitriles is 1.